The first kappa shape index (κ1) is 22.3. The molecule has 2 amide bonds. The molecule has 0 saturated carbocycles. The minimum atomic E-state index is -0.100. The molecule has 0 atom stereocenters. The lowest BCUT2D eigenvalue weighted by molar-refractivity contribution is -0.121. The topological polar surface area (TPSA) is 96.0 Å². The van der Waals surface area contributed by atoms with E-state index < -0.39 is 0 Å². The molecule has 0 bridgehead atoms. The second kappa shape index (κ2) is 10.5. The van der Waals surface area contributed by atoms with E-state index in [4.69, 9.17) is 0 Å². The van der Waals surface area contributed by atoms with Gasteiger partial charge in [-0.25, -0.2) is 9.97 Å². The van der Waals surface area contributed by atoms with Crippen LogP contribution in [-0.2, 0) is 9.59 Å². The predicted octanol–water partition coefficient (Wildman–Crippen LogP) is 3.85. The Kier molecular flexibility index (Phi) is 8.12. The number of rotatable bonds is 9. The molecule has 1 heterocycles. The lowest BCUT2D eigenvalue weighted by Crippen LogP contribution is -2.26. The Bertz CT molecular complexity index is 813. The molecule has 1 aromatic heterocycles. The van der Waals surface area contributed by atoms with Crippen molar-refractivity contribution in [2.24, 2.45) is 5.41 Å². The largest absolute Gasteiger partial charge is 0.356 e. The van der Waals surface area contributed by atoms with Crippen LogP contribution < -0.4 is 16.0 Å². The lowest BCUT2D eigenvalue weighted by Gasteiger charge is -2.17. The van der Waals surface area contributed by atoms with E-state index in [1.807, 2.05) is 30.3 Å². The molecule has 0 aliphatic rings. The van der Waals surface area contributed by atoms with Crippen LogP contribution in [0.5, 0.6) is 0 Å². The maximum absolute atomic E-state index is 11.8. The van der Waals surface area contributed by atoms with E-state index in [0.717, 1.165) is 29.8 Å². The van der Waals surface area contributed by atoms with Crippen LogP contribution in [0.15, 0.2) is 36.5 Å². The Morgan fingerprint density at radius 3 is 2.41 bits per heavy atom. The van der Waals surface area contributed by atoms with Crippen LogP contribution >= 0.6 is 0 Å². The van der Waals surface area contributed by atoms with Crippen LogP contribution in [0.3, 0.4) is 0 Å². The fourth-order valence-electron chi connectivity index (χ4n) is 2.63. The number of carbonyl (C=O) groups excluding carboxylic acids is 2. The number of carbonyl (C=O) groups is 2. The van der Waals surface area contributed by atoms with E-state index in [0.29, 0.717) is 25.5 Å². The van der Waals surface area contributed by atoms with Gasteiger partial charge in [0, 0.05) is 43.9 Å². The van der Waals surface area contributed by atoms with Gasteiger partial charge < -0.3 is 16.0 Å². The molecule has 0 saturated heterocycles. The van der Waals surface area contributed by atoms with Gasteiger partial charge in [-0.3, -0.25) is 9.59 Å². The Hall–Kier alpha value is -2.96. The molecule has 0 aliphatic heterocycles. The van der Waals surface area contributed by atoms with Crippen molar-refractivity contribution in [2.75, 3.05) is 23.7 Å². The van der Waals surface area contributed by atoms with Crippen molar-refractivity contribution in [3.05, 3.63) is 36.5 Å². The molecule has 0 spiro atoms. The van der Waals surface area contributed by atoms with E-state index in [2.05, 4.69) is 46.7 Å². The molecule has 156 valence electrons. The van der Waals surface area contributed by atoms with Crippen molar-refractivity contribution in [1.82, 2.24) is 15.3 Å². The van der Waals surface area contributed by atoms with Crippen LogP contribution in [0.25, 0.3) is 11.3 Å². The van der Waals surface area contributed by atoms with Gasteiger partial charge in [-0.05, 0) is 36.5 Å². The highest BCUT2D eigenvalue weighted by atomic mass is 16.2. The third-order valence-corrected chi connectivity index (χ3v) is 4.22. The van der Waals surface area contributed by atoms with E-state index in [9.17, 15) is 9.59 Å². The zero-order valence-corrected chi connectivity index (χ0v) is 17.7. The van der Waals surface area contributed by atoms with Gasteiger partial charge in [-0.2, -0.15) is 0 Å². The highest BCUT2D eigenvalue weighted by molar-refractivity contribution is 5.88. The van der Waals surface area contributed by atoms with Gasteiger partial charge in [0.25, 0.3) is 0 Å². The summed E-state index contributed by atoms with van der Waals surface area (Å²) in [7, 11) is 0. The Labute approximate surface area is 172 Å². The summed E-state index contributed by atoms with van der Waals surface area (Å²) in [6.45, 7) is 9.18. The number of anilines is 2. The number of amides is 2. The lowest BCUT2D eigenvalue weighted by atomic mass is 9.90. The fourth-order valence-corrected chi connectivity index (χ4v) is 2.63. The zero-order chi connectivity index (χ0) is 21.3. The first-order valence-electron chi connectivity index (χ1n) is 9.94. The van der Waals surface area contributed by atoms with Crippen molar-refractivity contribution in [3.8, 4) is 11.3 Å². The molecule has 0 unspecified atom stereocenters. The first-order chi connectivity index (χ1) is 13.7. The summed E-state index contributed by atoms with van der Waals surface area (Å²) in [6.07, 6.45) is 3.94. The SMILES string of the molecule is CC(=O)Nc1ccc(-c2ccnc(NCCCNC(=O)CCC(C)(C)C)n2)cc1. The monoisotopic (exact) mass is 397 g/mol. The molecule has 7 heteroatoms. The average molecular weight is 398 g/mol. The molecule has 2 aromatic rings. The molecule has 1 aromatic carbocycles. The number of nitrogens with one attached hydrogen (secondary N) is 3. The molecule has 0 radical (unpaired) electrons. The Morgan fingerprint density at radius 1 is 1.03 bits per heavy atom. The third-order valence-electron chi connectivity index (χ3n) is 4.22. The van der Waals surface area contributed by atoms with E-state index in [-0.39, 0.29) is 17.2 Å². The van der Waals surface area contributed by atoms with Crippen molar-refractivity contribution < 1.29 is 9.59 Å². The van der Waals surface area contributed by atoms with Gasteiger partial charge >= 0.3 is 0 Å². The average Bonchev–Trinajstić information content (AvgIpc) is 2.66. The molecule has 0 aliphatic carbocycles. The summed E-state index contributed by atoms with van der Waals surface area (Å²) < 4.78 is 0. The van der Waals surface area contributed by atoms with Crippen LogP contribution in [0.1, 0.15) is 47.0 Å². The van der Waals surface area contributed by atoms with Gasteiger partial charge in [-0.15, -0.1) is 0 Å². The molecule has 7 nitrogen and oxygen atoms in total. The molecular weight excluding hydrogens is 366 g/mol. The summed E-state index contributed by atoms with van der Waals surface area (Å²) in [5, 5.41) is 8.88. The molecule has 3 N–H and O–H groups in total. The number of hydrogen-bond donors (Lipinski definition) is 3. The van der Waals surface area contributed by atoms with Crippen molar-refractivity contribution >= 4 is 23.5 Å². The Morgan fingerprint density at radius 2 is 1.76 bits per heavy atom. The molecule has 2 rings (SSSR count). The predicted molar refractivity (Wildman–Crippen MR) is 117 cm³/mol. The quantitative estimate of drug-likeness (QED) is 0.559. The highest BCUT2D eigenvalue weighted by Gasteiger charge is 2.12. The highest BCUT2D eigenvalue weighted by Crippen LogP contribution is 2.21. The smallest absolute Gasteiger partial charge is 0.223 e. The van der Waals surface area contributed by atoms with Crippen LogP contribution in [-0.4, -0.2) is 34.9 Å². The van der Waals surface area contributed by atoms with Crippen LogP contribution in [0.2, 0.25) is 0 Å². The Balaban J connectivity index is 1.77. The minimum Gasteiger partial charge on any atom is -0.356 e. The maximum atomic E-state index is 11.8. The van der Waals surface area contributed by atoms with Crippen molar-refractivity contribution in [3.63, 3.8) is 0 Å². The summed E-state index contributed by atoms with van der Waals surface area (Å²) in [5.41, 5.74) is 2.66. The van der Waals surface area contributed by atoms with Crippen LogP contribution in [0.4, 0.5) is 11.6 Å². The first-order valence-corrected chi connectivity index (χ1v) is 9.94. The van der Waals surface area contributed by atoms with E-state index >= 15 is 0 Å². The van der Waals surface area contributed by atoms with Gasteiger partial charge in [0.2, 0.25) is 17.8 Å². The fraction of sp³-hybridized carbons (Fsp3) is 0.455. The second-order valence-electron chi connectivity index (χ2n) is 8.21. The number of benzene rings is 1. The zero-order valence-electron chi connectivity index (χ0n) is 17.7. The van der Waals surface area contributed by atoms with Gasteiger partial charge in [0.05, 0.1) is 5.69 Å². The summed E-state index contributed by atoms with van der Waals surface area (Å²) in [4.78, 5) is 31.7. The van der Waals surface area contributed by atoms with Gasteiger partial charge in [0.15, 0.2) is 0 Å². The third kappa shape index (κ3) is 8.72. The molecule has 0 fully saturated rings. The number of nitrogens with zero attached hydrogens (tertiary/aromatic N) is 2. The van der Waals surface area contributed by atoms with Gasteiger partial charge in [-0.1, -0.05) is 32.9 Å². The standard InChI is InChI=1S/C22H31N5O2/c1-16(28)26-18-8-6-17(7-9-18)19-11-15-25-21(27-19)24-14-5-13-23-20(29)10-12-22(2,3)4/h6-9,11,15H,5,10,12-14H2,1-4H3,(H,23,29)(H,26,28)(H,24,25,27). The maximum Gasteiger partial charge on any atom is 0.223 e. The number of aromatic nitrogens is 2. The van der Waals surface area contributed by atoms with Gasteiger partial charge in [0.1, 0.15) is 0 Å². The molecular formula is C22H31N5O2. The second-order valence-corrected chi connectivity index (χ2v) is 8.21. The summed E-state index contributed by atoms with van der Waals surface area (Å²) in [6, 6.07) is 9.34. The number of hydrogen-bond acceptors (Lipinski definition) is 5. The normalized spacial score (nSPS) is 11.0. The van der Waals surface area contributed by atoms with Crippen molar-refractivity contribution in [1.29, 1.82) is 0 Å². The molecule has 29 heavy (non-hydrogen) atoms. The van der Waals surface area contributed by atoms with Crippen molar-refractivity contribution in [2.45, 2.75) is 47.0 Å². The summed E-state index contributed by atoms with van der Waals surface area (Å²) in [5.74, 6) is 0.546. The van der Waals surface area contributed by atoms with E-state index in [1.54, 1.807) is 6.20 Å². The minimum absolute atomic E-state index is 0.0980. The van der Waals surface area contributed by atoms with Crippen LogP contribution in [0, 0.1) is 5.41 Å². The van der Waals surface area contributed by atoms with E-state index in [1.165, 1.54) is 6.92 Å². The summed E-state index contributed by atoms with van der Waals surface area (Å²) >= 11 is 0.